The molecule has 0 aliphatic carbocycles. The molecule has 2 aromatic rings. The predicted molar refractivity (Wildman–Crippen MR) is 107 cm³/mol. The van der Waals surface area contributed by atoms with Gasteiger partial charge in [0.2, 0.25) is 0 Å². The number of aliphatic imine (C=N–C) groups is 1. The maximum absolute atomic E-state index is 5.69. The van der Waals surface area contributed by atoms with E-state index in [-0.39, 0.29) is 6.10 Å². The van der Waals surface area contributed by atoms with Gasteiger partial charge in [0, 0.05) is 32.8 Å². The fourth-order valence-electron chi connectivity index (χ4n) is 2.53. The van der Waals surface area contributed by atoms with Crippen LogP contribution in [0, 0.1) is 0 Å². The normalized spacial score (nSPS) is 12.3. The van der Waals surface area contributed by atoms with Gasteiger partial charge >= 0.3 is 0 Å². The van der Waals surface area contributed by atoms with Crippen LogP contribution in [0.4, 0.5) is 0 Å². The summed E-state index contributed by atoms with van der Waals surface area (Å²) in [6.45, 7) is 5.39. The van der Waals surface area contributed by atoms with Crippen molar-refractivity contribution in [3.05, 3.63) is 78.4 Å². The summed E-state index contributed by atoms with van der Waals surface area (Å²) >= 11 is 0. The van der Waals surface area contributed by atoms with E-state index in [1.54, 1.807) is 20.2 Å². The van der Waals surface area contributed by atoms with E-state index < -0.39 is 0 Å². The Balaban J connectivity index is 1.91. The first-order chi connectivity index (χ1) is 12.8. The summed E-state index contributed by atoms with van der Waals surface area (Å²) in [5, 5.41) is 6.62. The van der Waals surface area contributed by atoms with E-state index in [4.69, 9.17) is 9.47 Å². The molecule has 0 heterocycles. The molecule has 0 saturated heterocycles. The minimum atomic E-state index is -0.0436. The molecule has 0 saturated carbocycles. The van der Waals surface area contributed by atoms with Crippen LogP contribution in [0.15, 0.2) is 72.2 Å². The number of nitrogens with one attached hydrogen (secondary N) is 2. The van der Waals surface area contributed by atoms with Gasteiger partial charge in [0.05, 0.1) is 6.10 Å². The van der Waals surface area contributed by atoms with Crippen LogP contribution < -0.4 is 15.4 Å². The summed E-state index contributed by atoms with van der Waals surface area (Å²) in [6, 6.07) is 18.0. The second kappa shape index (κ2) is 10.9. The van der Waals surface area contributed by atoms with Crippen LogP contribution in [0.5, 0.6) is 5.75 Å². The van der Waals surface area contributed by atoms with Gasteiger partial charge in [-0.15, -0.1) is 0 Å². The van der Waals surface area contributed by atoms with Gasteiger partial charge in [-0.1, -0.05) is 61.2 Å². The lowest BCUT2D eigenvalue weighted by atomic mass is 10.1. The van der Waals surface area contributed by atoms with Crippen molar-refractivity contribution in [2.45, 2.75) is 12.6 Å². The molecule has 2 rings (SSSR count). The fraction of sp³-hybridized carbons (Fsp3) is 0.286. The summed E-state index contributed by atoms with van der Waals surface area (Å²) in [7, 11) is 3.46. The number of nitrogens with zero attached hydrogens (tertiary/aromatic N) is 1. The number of benzene rings is 2. The van der Waals surface area contributed by atoms with Crippen LogP contribution in [0.3, 0.4) is 0 Å². The molecular formula is C21H27N3O2. The number of ether oxygens (including phenoxy) is 2. The van der Waals surface area contributed by atoms with Gasteiger partial charge in [0.1, 0.15) is 12.4 Å². The van der Waals surface area contributed by atoms with E-state index in [2.05, 4.69) is 34.3 Å². The molecule has 0 amide bonds. The molecular weight excluding hydrogens is 326 g/mol. The third-order valence-electron chi connectivity index (χ3n) is 3.91. The van der Waals surface area contributed by atoms with E-state index >= 15 is 0 Å². The molecule has 1 atom stereocenters. The minimum Gasteiger partial charge on any atom is -0.489 e. The molecule has 0 fully saturated rings. The van der Waals surface area contributed by atoms with E-state index in [0.717, 1.165) is 16.9 Å². The third kappa shape index (κ3) is 5.93. The average Bonchev–Trinajstić information content (AvgIpc) is 2.70. The standard InChI is InChI=1S/C21H27N3O2/c1-4-14-26-19-13-9-8-12-18(19)15-23-21(22-2)24-16-20(25-3)17-10-6-5-7-11-17/h4-13,20H,1,14-16H2,2-3H3,(H2,22,23,24). The fourth-order valence-corrected chi connectivity index (χ4v) is 2.53. The Labute approximate surface area is 155 Å². The largest absolute Gasteiger partial charge is 0.489 e. The molecule has 0 aromatic heterocycles. The summed E-state index contributed by atoms with van der Waals surface area (Å²) in [5.41, 5.74) is 2.18. The predicted octanol–water partition coefficient (Wildman–Crippen LogP) is 3.30. The number of rotatable bonds is 9. The van der Waals surface area contributed by atoms with E-state index in [1.165, 1.54) is 0 Å². The monoisotopic (exact) mass is 353 g/mol. The third-order valence-corrected chi connectivity index (χ3v) is 3.91. The van der Waals surface area contributed by atoms with Gasteiger partial charge in [-0.3, -0.25) is 4.99 Å². The van der Waals surface area contributed by atoms with Crippen LogP contribution in [-0.4, -0.2) is 33.3 Å². The lowest BCUT2D eigenvalue weighted by molar-refractivity contribution is 0.106. The molecule has 0 aliphatic heterocycles. The Bertz CT molecular complexity index is 701. The smallest absolute Gasteiger partial charge is 0.191 e. The number of para-hydroxylation sites is 1. The van der Waals surface area contributed by atoms with Gasteiger partial charge in [-0.05, 0) is 11.6 Å². The van der Waals surface area contributed by atoms with E-state index in [1.807, 2.05) is 42.5 Å². The number of hydrogen-bond donors (Lipinski definition) is 2. The van der Waals surface area contributed by atoms with Crippen LogP contribution in [0.2, 0.25) is 0 Å². The lowest BCUT2D eigenvalue weighted by Crippen LogP contribution is -2.39. The first-order valence-corrected chi connectivity index (χ1v) is 8.62. The highest BCUT2D eigenvalue weighted by atomic mass is 16.5. The first kappa shape index (κ1) is 19.5. The molecule has 2 N–H and O–H groups in total. The average molecular weight is 353 g/mol. The Morgan fingerprint density at radius 3 is 2.54 bits per heavy atom. The molecule has 0 spiro atoms. The van der Waals surface area contributed by atoms with Crippen molar-refractivity contribution in [2.75, 3.05) is 27.3 Å². The van der Waals surface area contributed by atoms with Crippen molar-refractivity contribution in [1.29, 1.82) is 0 Å². The quantitative estimate of drug-likeness (QED) is 0.413. The van der Waals surface area contributed by atoms with Crippen LogP contribution >= 0.6 is 0 Å². The van der Waals surface area contributed by atoms with Gasteiger partial charge in [-0.25, -0.2) is 0 Å². The second-order valence-corrected chi connectivity index (χ2v) is 5.65. The minimum absolute atomic E-state index is 0.0436. The maximum Gasteiger partial charge on any atom is 0.191 e. The Morgan fingerprint density at radius 1 is 1.12 bits per heavy atom. The summed E-state index contributed by atoms with van der Waals surface area (Å²) < 4.78 is 11.3. The van der Waals surface area contributed by atoms with Crippen LogP contribution in [-0.2, 0) is 11.3 Å². The van der Waals surface area contributed by atoms with Crippen molar-refractivity contribution in [3.63, 3.8) is 0 Å². The molecule has 5 heteroatoms. The van der Waals surface area contributed by atoms with Crippen LogP contribution in [0.1, 0.15) is 17.2 Å². The van der Waals surface area contributed by atoms with Gasteiger partial charge in [-0.2, -0.15) is 0 Å². The zero-order valence-electron chi connectivity index (χ0n) is 15.4. The molecule has 5 nitrogen and oxygen atoms in total. The zero-order valence-corrected chi connectivity index (χ0v) is 15.4. The molecule has 0 radical (unpaired) electrons. The molecule has 26 heavy (non-hydrogen) atoms. The molecule has 138 valence electrons. The molecule has 1 unspecified atom stereocenters. The Kier molecular flexibility index (Phi) is 8.23. The van der Waals surface area contributed by atoms with Gasteiger partial charge in [0.25, 0.3) is 0 Å². The summed E-state index contributed by atoms with van der Waals surface area (Å²) in [5.74, 6) is 1.55. The van der Waals surface area contributed by atoms with Crippen molar-refractivity contribution in [1.82, 2.24) is 10.6 Å². The van der Waals surface area contributed by atoms with Gasteiger partial charge in [0.15, 0.2) is 5.96 Å². The number of hydrogen-bond acceptors (Lipinski definition) is 3. The zero-order chi connectivity index (χ0) is 18.6. The molecule has 0 bridgehead atoms. The lowest BCUT2D eigenvalue weighted by Gasteiger charge is -2.19. The maximum atomic E-state index is 5.69. The van der Waals surface area contributed by atoms with Crippen molar-refractivity contribution >= 4 is 5.96 Å². The van der Waals surface area contributed by atoms with E-state index in [0.29, 0.717) is 25.7 Å². The SMILES string of the molecule is C=CCOc1ccccc1CNC(=NC)NCC(OC)c1ccccc1. The van der Waals surface area contributed by atoms with E-state index in [9.17, 15) is 0 Å². The Morgan fingerprint density at radius 2 is 1.85 bits per heavy atom. The highest BCUT2D eigenvalue weighted by molar-refractivity contribution is 5.79. The first-order valence-electron chi connectivity index (χ1n) is 8.62. The number of guanidine groups is 1. The van der Waals surface area contributed by atoms with Crippen molar-refractivity contribution < 1.29 is 9.47 Å². The molecule has 2 aromatic carbocycles. The summed E-state index contributed by atoms with van der Waals surface area (Å²) in [6.07, 6.45) is 1.69. The number of methoxy groups -OCH3 is 1. The van der Waals surface area contributed by atoms with Gasteiger partial charge < -0.3 is 20.1 Å². The van der Waals surface area contributed by atoms with Crippen LogP contribution in [0.25, 0.3) is 0 Å². The van der Waals surface area contributed by atoms with Crippen molar-refractivity contribution in [2.24, 2.45) is 4.99 Å². The Hall–Kier alpha value is -2.79. The molecule has 0 aliphatic rings. The highest BCUT2D eigenvalue weighted by Gasteiger charge is 2.11. The van der Waals surface area contributed by atoms with Crippen molar-refractivity contribution in [3.8, 4) is 5.75 Å². The topological polar surface area (TPSA) is 54.9 Å². The summed E-state index contributed by atoms with van der Waals surface area (Å²) in [4.78, 5) is 4.28. The second-order valence-electron chi connectivity index (χ2n) is 5.65. The highest BCUT2D eigenvalue weighted by Crippen LogP contribution is 2.18.